The molecule has 2 heterocycles. The molecule has 10 heteroatoms. The van der Waals surface area contributed by atoms with Gasteiger partial charge < -0.3 is 10.5 Å². The van der Waals surface area contributed by atoms with E-state index in [1.54, 1.807) is 24.4 Å². The predicted octanol–water partition coefficient (Wildman–Crippen LogP) is 0.0623. The number of pyridine rings is 1. The topological polar surface area (TPSA) is 126 Å². The highest BCUT2D eigenvalue weighted by Gasteiger charge is 2.22. The summed E-state index contributed by atoms with van der Waals surface area (Å²) < 4.78 is 6.33. The number of carbonyl (C=O) groups is 2. The summed E-state index contributed by atoms with van der Waals surface area (Å²) in [6.07, 6.45) is 1.42. The van der Waals surface area contributed by atoms with E-state index in [0.29, 0.717) is 5.03 Å². The van der Waals surface area contributed by atoms with Gasteiger partial charge in [-0.3, -0.25) is 23.5 Å². The molecular formula is C16H18N4O5S. The molecule has 0 amide bonds. The van der Waals surface area contributed by atoms with Crippen LogP contribution >= 0.6 is 11.8 Å². The van der Waals surface area contributed by atoms with Crippen molar-refractivity contribution in [3.05, 3.63) is 50.8 Å². The number of ether oxygens (including phenoxy) is 1. The summed E-state index contributed by atoms with van der Waals surface area (Å²) >= 11 is 1.15. The maximum atomic E-state index is 12.6. The number of anilines is 1. The molecule has 138 valence electrons. The smallest absolute Gasteiger partial charge is 0.332 e. The lowest BCUT2D eigenvalue weighted by Gasteiger charge is -2.13. The minimum Gasteiger partial charge on any atom is -0.469 e. The van der Waals surface area contributed by atoms with Crippen LogP contribution < -0.4 is 17.0 Å². The van der Waals surface area contributed by atoms with E-state index in [1.165, 1.54) is 14.2 Å². The molecule has 0 unspecified atom stereocenters. The third-order valence-electron chi connectivity index (χ3n) is 3.63. The van der Waals surface area contributed by atoms with Gasteiger partial charge in [-0.15, -0.1) is 0 Å². The number of hydrogen-bond acceptors (Lipinski definition) is 8. The zero-order chi connectivity index (χ0) is 19.3. The number of nitrogen functional groups attached to an aromatic ring is 1. The molecule has 0 aliphatic rings. The van der Waals surface area contributed by atoms with Gasteiger partial charge in [-0.2, -0.15) is 0 Å². The zero-order valence-corrected chi connectivity index (χ0v) is 15.1. The van der Waals surface area contributed by atoms with Crippen molar-refractivity contribution >= 4 is 29.3 Å². The number of carbonyl (C=O) groups excluding carboxylic acids is 2. The summed E-state index contributed by atoms with van der Waals surface area (Å²) in [4.78, 5) is 52.7. The molecule has 2 aromatic rings. The molecule has 26 heavy (non-hydrogen) atoms. The standard InChI is InChI=1S/C16H18N4O5S/c1-19-14(17)13(10(21)9-26-11-5-3-4-7-18-11)15(23)20(16(19)24)8-6-12(22)25-2/h3-5,7H,6,8-9,17H2,1-2H3. The maximum absolute atomic E-state index is 12.6. The van der Waals surface area contributed by atoms with Crippen molar-refractivity contribution in [2.75, 3.05) is 18.6 Å². The summed E-state index contributed by atoms with van der Waals surface area (Å²) in [5.41, 5.74) is 4.02. The molecule has 0 aliphatic carbocycles. The van der Waals surface area contributed by atoms with Gasteiger partial charge in [0.15, 0.2) is 5.78 Å². The van der Waals surface area contributed by atoms with Crippen molar-refractivity contribution in [2.24, 2.45) is 7.05 Å². The van der Waals surface area contributed by atoms with E-state index in [-0.39, 0.29) is 30.1 Å². The Kier molecular flexibility index (Phi) is 6.34. The molecule has 2 rings (SSSR count). The third kappa shape index (κ3) is 4.20. The number of rotatable bonds is 7. The second-order valence-electron chi connectivity index (χ2n) is 5.26. The first kappa shape index (κ1) is 19.4. The fourth-order valence-corrected chi connectivity index (χ4v) is 2.93. The Labute approximate surface area is 152 Å². The van der Waals surface area contributed by atoms with Gasteiger partial charge in [-0.25, -0.2) is 9.78 Å². The summed E-state index contributed by atoms with van der Waals surface area (Å²) in [5, 5.41) is 0.621. The first-order chi connectivity index (χ1) is 12.4. The summed E-state index contributed by atoms with van der Waals surface area (Å²) in [5.74, 6) is -1.37. The monoisotopic (exact) mass is 378 g/mol. The molecule has 0 radical (unpaired) electrons. The predicted molar refractivity (Wildman–Crippen MR) is 96.3 cm³/mol. The van der Waals surface area contributed by atoms with Crippen molar-refractivity contribution in [2.45, 2.75) is 18.0 Å². The van der Waals surface area contributed by atoms with Gasteiger partial charge in [0.2, 0.25) is 0 Å². The summed E-state index contributed by atoms with van der Waals surface area (Å²) in [7, 11) is 2.56. The molecule has 0 bridgehead atoms. The van der Waals surface area contributed by atoms with Gasteiger partial charge >= 0.3 is 11.7 Å². The average Bonchev–Trinajstić information content (AvgIpc) is 2.65. The number of hydrogen-bond donors (Lipinski definition) is 1. The van der Waals surface area contributed by atoms with Crippen LogP contribution in [0, 0.1) is 0 Å². The van der Waals surface area contributed by atoms with Crippen LogP contribution in [0.3, 0.4) is 0 Å². The largest absolute Gasteiger partial charge is 0.469 e. The molecule has 9 nitrogen and oxygen atoms in total. The molecule has 0 fully saturated rings. The highest BCUT2D eigenvalue weighted by Crippen LogP contribution is 2.16. The minimum absolute atomic E-state index is 0.0638. The Morgan fingerprint density at radius 2 is 2.04 bits per heavy atom. The fraction of sp³-hybridized carbons (Fsp3) is 0.312. The number of thioether (sulfide) groups is 1. The van der Waals surface area contributed by atoms with Gasteiger partial charge in [0.05, 0.1) is 24.3 Å². The van der Waals surface area contributed by atoms with Gasteiger partial charge in [-0.05, 0) is 12.1 Å². The molecule has 2 N–H and O–H groups in total. The van der Waals surface area contributed by atoms with Crippen LogP contribution in [0.5, 0.6) is 0 Å². The zero-order valence-electron chi connectivity index (χ0n) is 14.3. The molecule has 0 saturated heterocycles. The van der Waals surface area contributed by atoms with Crippen LogP contribution in [-0.4, -0.2) is 38.7 Å². The second kappa shape index (κ2) is 8.48. The second-order valence-corrected chi connectivity index (χ2v) is 6.26. The molecule has 0 spiro atoms. The van der Waals surface area contributed by atoms with E-state index >= 15 is 0 Å². The van der Waals surface area contributed by atoms with Crippen molar-refractivity contribution < 1.29 is 14.3 Å². The van der Waals surface area contributed by atoms with Gasteiger partial charge in [0, 0.05) is 19.8 Å². The quantitative estimate of drug-likeness (QED) is 0.407. The first-order valence-corrected chi connectivity index (χ1v) is 8.58. The molecule has 0 aromatic carbocycles. The van der Waals surface area contributed by atoms with E-state index in [0.717, 1.165) is 20.9 Å². The van der Waals surface area contributed by atoms with E-state index in [4.69, 9.17) is 5.73 Å². The molecule has 0 saturated carbocycles. The number of ketones is 1. The third-order valence-corrected chi connectivity index (χ3v) is 4.57. The number of esters is 1. The van der Waals surface area contributed by atoms with Gasteiger partial charge in [-0.1, -0.05) is 17.8 Å². The molecule has 0 aliphatic heterocycles. The van der Waals surface area contributed by atoms with Crippen LogP contribution in [0.1, 0.15) is 16.8 Å². The minimum atomic E-state index is -0.818. The van der Waals surface area contributed by atoms with Crippen LogP contribution in [0.2, 0.25) is 0 Å². The van der Waals surface area contributed by atoms with Gasteiger partial charge in [0.1, 0.15) is 11.4 Å². The Balaban J connectivity index is 2.33. The Hall–Kier alpha value is -2.88. The van der Waals surface area contributed by atoms with E-state index in [2.05, 4.69) is 9.72 Å². The number of nitrogens with two attached hydrogens (primary N) is 1. The van der Waals surface area contributed by atoms with Crippen LogP contribution in [0.15, 0.2) is 39.0 Å². The number of aromatic nitrogens is 3. The number of nitrogens with zero attached hydrogens (tertiary/aromatic N) is 3. The van der Waals surface area contributed by atoms with Crippen molar-refractivity contribution in [1.82, 2.24) is 14.1 Å². The van der Waals surface area contributed by atoms with Crippen molar-refractivity contribution in [3.63, 3.8) is 0 Å². The van der Waals surface area contributed by atoms with Crippen LogP contribution in [-0.2, 0) is 23.1 Å². The lowest BCUT2D eigenvalue weighted by atomic mass is 10.2. The summed E-state index contributed by atoms with van der Waals surface area (Å²) in [6.45, 7) is -0.202. The van der Waals surface area contributed by atoms with Crippen molar-refractivity contribution in [1.29, 1.82) is 0 Å². The molecular weight excluding hydrogens is 360 g/mol. The normalized spacial score (nSPS) is 10.5. The maximum Gasteiger partial charge on any atom is 0.332 e. The Bertz CT molecular complexity index is 936. The molecule has 0 atom stereocenters. The average molecular weight is 378 g/mol. The number of methoxy groups -OCH3 is 1. The lowest BCUT2D eigenvalue weighted by molar-refractivity contribution is -0.140. The lowest BCUT2D eigenvalue weighted by Crippen LogP contribution is -2.43. The first-order valence-electron chi connectivity index (χ1n) is 7.60. The Morgan fingerprint density at radius 3 is 2.65 bits per heavy atom. The highest BCUT2D eigenvalue weighted by atomic mass is 32.2. The van der Waals surface area contributed by atoms with Crippen LogP contribution in [0.4, 0.5) is 5.82 Å². The van der Waals surface area contributed by atoms with Crippen LogP contribution in [0.25, 0.3) is 0 Å². The van der Waals surface area contributed by atoms with E-state index in [1.807, 2.05) is 0 Å². The molecule has 2 aromatic heterocycles. The number of Topliss-reactive ketones (excluding diaryl/α,β-unsaturated/α-hetero) is 1. The SMILES string of the molecule is COC(=O)CCn1c(=O)c(C(=O)CSc2ccccn2)c(N)n(C)c1=O. The van der Waals surface area contributed by atoms with Crippen molar-refractivity contribution in [3.8, 4) is 0 Å². The fourth-order valence-electron chi connectivity index (χ4n) is 2.19. The van der Waals surface area contributed by atoms with Gasteiger partial charge in [0.25, 0.3) is 5.56 Å². The Morgan fingerprint density at radius 1 is 1.31 bits per heavy atom. The summed E-state index contributed by atoms with van der Waals surface area (Å²) in [6, 6.07) is 5.26. The van der Waals surface area contributed by atoms with E-state index < -0.39 is 23.0 Å². The highest BCUT2D eigenvalue weighted by molar-refractivity contribution is 7.99. The van der Waals surface area contributed by atoms with E-state index in [9.17, 15) is 19.2 Å².